The lowest BCUT2D eigenvalue weighted by Gasteiger charge is -2.04. The summed E-state index contributed by atoms with van der Waals surface area (Å²) in [6.45, 7) is 4.59. The number of rotatable bonds is 3. The van der Waals surface area contributed by atoms with Gasteiger partial charge in [0.05, 0.1) is 0 Å². The molecule has 3 aromatic rings. The third-order valence-corrected chi connectivity index (χ3v) is 2.94. The lowest BCUT2D eigenvalue weighted by atomic mass is 10.2. The van der Waals surface area contributed by atoms with Gasteiger partial charge in [0, 0.05) is 17.6 Å². The lowest BCUT2D eigenvalue weighted by molar-refractivity contribution is 0.567. The van der Waals surface area contributed by atoms with Crippen molar-refractivity contribution in [3.05, 3.63) is 41.8 Å². The summed E-state index contributed by atoms with van der Waals surface area (Å²) in [6, 6.07) is 8.45. The Balaban J connectivity index is 2.12. The number of nitrogens with one attached hydrogen (secondary N) is 1. The summed E-state index contributed by atoms with van der Waals surface area (Å²) in [5, 5.41) is 3.79. The van der Waals surface area contributed by atoms with Crippen molar-refractivity contribution in [2.45, 2.75) is 13.8 Å². The molecule has 5 heteroatoms. The van der Waals surface area contributed by atoms with Crippen LogP contribution >= 0.6 is 0 Å². The van der Waals surface area contributed by atoms with Crippen LogP contribution in [-0.4, -0.2) is 16.5 Å². The molecular formula is C15H14FN3O. The van der Waals surface area contributed by atoms with Crippen molar-refractivity contribution in [1.29, 1.82) is 0 Å². The summed E-state index contributed by atoms with van der Waals surface area (Å²) < 4.78 is 19.2. The summed E-state index contributed by atoms with van der Waals surface area (Å²) in [7, 11) is 0. The van der Waals surface area contributed by atoms with Gasteiger partial charge in [-0.25, -0.2) is 14.4 Å². The van der Waals surface area contributed by atoms with Crippen molar-refractivity contribution < 1.29 is 8.81 Å². The second-order valence-electron chi connectivity index (χ2n) is 4.52. The summed E-state index contributed by atoms with van der Waals surface area (Å²) in [4.78, 5) is 8.66. The molecule has 0 aliphatic rings. The first-order valence-corrected chi connectivity index (χ1v) is 6.45. The maximum Gasteiger partial charge on any atom is 0.223 e. The van der Waals surface area contributed by atoms with Crippen LogP contribution in [0.5, 0.6) is 0 Å². The van der Waals surface area contributed by atoms with Gasteiger partial charge in [0.2, 0.25) is 5.95 Å². The molecule has 3 rings (SSSR count). The zero-order valence-electron chi connectivity index (χ0n) is 11.3. The van der Waals surface area contributed by atoms with Crippen LogP contribution in [0.25, 0.3) is 22.4 Å². The highest BCUT2D eigenvalue weighted by atomic mass is 19.1. The Morgan fingerprint density at radius 2 is 2.10 bits per heavy atom. The van der Waals surface area contributed by atoms with E-state index in [2.05, 4.69) is 15.3 Å². The fourth-order valence-corrected chi connectivity index (χ4v) is 2.09. The monoisotopic (exact) mass is 271 g/mol. The Morgan fingerprint density at radius 1 is 1.25 bits per heavy atom. The molecule has 0 atom stereocenters. The molecule has 1 aromatic carbocycles. The minimum atomic E-state index is -0.369. The van der Waals surface area contributed by atoms with Gasteiger partial charge in [-0.05, 0) is 32.0 Å². The third kappa shape index (κ3) is 2.22. The fourth-order valence-electron chi connectivity index (χ4n) is 2.09. The Hall–Kier alpha value is -2.43. The fraction of sp³-hybridized carbons (Fsp3) is 0.200. The topological polar surface area (TPSA) is 51.0 Å². The van der Waals surface area contributed by atoms with Gasteiger partial charge in [-0.1, -0.05) is 12.1 Å². The molecule has 20 heavy (non-hydrogen) atoms. The Kier molecular flexibility index (Phi) is 3.10. The second-order valence-corrected chi connectivity index (χ2v) is 4.52. The van der Waals surface area contributed by atoms with Gasteiger partial charge < -0.3 is 9.73 Å². The molecule has 0 amide bonds. The van der Waals surface area contributed by atoms with Gasteiger partial charge in [-0.3, -0.25) is 0 Å². The van der Waals surface area contributed by atoms with Crippen LogP contribution in [0, 0.1) is 12.7 Å². The summed E-state index contributed by atoms with van der Waals surface area (Å²) in [5.41, 5.74) is 1.72. The van der Waals surface area contributed by atoms with Crippen molar-refractivity contribution in [3.63, 3.8) is 0 Å². The number of aromatic nitrogens is 2. The molecule has 102 valence electrons. The summed E-state index contributed by atoms with van der Waals surface area (Å²) in [6.07, 6.45) is 0. The maximum atomic E-state index is 13.7. The molecule has 0 saturated carbocycles. The second kappa shape index (κ2) is 4.92. The van der Waals surface area contributed by atoms with Gasteiger partial charge in [0.15, 0.2) is 17.2 Å². The Labute approximate surface area is 115 Å². The molecule has 0 bridgehead atoms. The number of halogens is 1. The molecule has 1 N–H and O–H groups in total. The number of fused-ring (bicyclic) bond motifs is 1. The van der Waals surface area contributed by atoms with E-state index in [1.165, 1.54) is 6.07 Å². The van der Waals surface area contributed by atoms with Crippen molar-refractivity contribution >= 4 is 16.9 Å². The molecule has 0 unspecified atom stereocenters. The Morgan fingerprint density at radius 3 is 2.85 bits per heavy atom. The highest BCUT2D eigenvalue weighted by molar-refractivity contribution is 5.82. The van der Waals surface area contributed by atoms with E-state index in [1.807, 2.05) is 26.0 Å². The molecule has 0 aliphatic carbocycles. The van der Waals surface area contributed by atoms with Crippen molar-refractivity contribution in [2.75, 3.05) is 11.9 Å². The zero-order valence-corrected chi connectivity index (χ0v) is 11.3. The summed E-state index contributed by atoms with van der Waals surface area (Å²) >= 11 is 0. The SMILES string of the molecule is CCNc1nc(C)cc(-c2cc3cccc(F)c3o2)n1. The van der Waals surface area contributed by atoms with Crippen molar-refractivity contribution in [3.8, 4) is 11.5 Å². The molecule has 2 aromatic heterocycles. The number of hydrogen-bond acceptors (Lipinski definition) is 4. The average molecular weight is 271 g/mol. The van der Waals surface area contributed by atoms with Gasteiger partial charge in [0.25, 0.3) is 0 Å². The first-order valence-electron chi connectivity index (χ1n) is 6.45. The molecule has 2 heterocycles. The summed E-state index contributed by atoms with van der Waals surface area (Å²) in [5.74, 6) is 0.713. The molecule has 4 nitrogen and oxygen atoms in total. The highest BCUT2D eigenvalue weighted by Gasteiger charge is 2.12. The Bertz CT molecular complexity index is 767. The normalized spacial score (nSPS) is 10.9. The number of benzene rings is 1. The van der Waals surface area contributed by atoms with E-state index in [-0.39, 0.29) is 11.4 Å². The van der Waals surface area contributed by atoms with E-state index < -0.39 is 0 Å². The predicted molar refractivity (Wildman–Crippen MR) is 76.1 cm³/mol. The van der Waals surface area contributed by atoms with Crippen LogP contribution in [0.2, 0.25) is 0 Å². The third-order valence-electron chi connectivity index (χ3n) is 2.94. The van der Waals surface area contributed by atoms with Crippen LogP contribution < -0.4 is 5.32 Å². The van der Waals surface area contributed by atoms with Crippen LogP contribution in [0.15, 0.2) is 34.7 Å². The van der Waals surface area contributed by atoms with Gasteiger partial charge in [0.1, 0.15) is 5.69 Å². The first kappa shape index (κ1) is 12.6. The van der Waals surface area contributed by atoms with Gasteiger partial charge in [-0.15, -0.1) is 0 Å². The largest absolute Gasteiger partial charge is 0.451 e. The molecular weight excluding hydrogens is 257 g/mol. The number of para-hydroxylation sites is 1. The van der Waals surface area contributed by atoms with E-state index in [9.17, 15) is 4.39 Å². The lowest BCUT2D eigenvalue weighted by Crippen LogP contribution is -2.03. The van der Waals surface area contributed by atoms with E-state index in [0.29, 0.717) is 17.4 Å². The zero-order chi connectivity index (χ0) is 14.1. The molecule has 0 aliphatic heterocycles. The molecule has 0 radical (unpaired) electrons. The predicted octanol–water partition coefficient (Wildman–Crippen LogP) is 3.77. The highest BCUT2D eigenvalue weighted by Crippen LogP contribution is 2.28. The van der Waals surface area contributed by atoms with Gasteiger partial charge >= 0.3 is 0 Å². The molecule has 0 fully saturated rings. The minimum absolute atomic E-state index is 0.253. The number of furan rings is 1. The minimum Gasteiger partial charge on any atom is -0.451 e. The number of hydrogen-bond donors (Lipinski definition) is 1. The standard InChI is InChI=1S/C15H14FN3O/c1-3-17-15-18-9(2)7-12(19-15)13-8-10-5-4-6-11(16)14(10)20-13/h4-8H,3H2,1-2H3,(H,17,18,19). The molecule has 0 saturated heterocycles. The van der Waals surface area contributed by atoms with Crippen LogP contribution in [-0.2, 0) is 0 Å². The van der Waals surface area contributed by atoms with E-state index in [4.69, 9.17) is 4.42 Å². The number of aryl methyl sites for hydroxylation is 1. The molecule has 0 spiro atoms. The smallest absolute Gasteiger partial charge is 0.223 e. The van der Waals surface area contributed by atoms with Crippen molar-refractivity contribution in [2.24, 2.45) is 0 Å². The number of nitrogens with zero attached hydrogens (tertiary/aromatic N) is 2. The van der Waals surface area contributed by atoms with Crippen LogP contribution in [0.4, 0.5) is 10.3 Å². The maximum absolute atomic E-state index is 13.7. The van der Waals surface area contributed by atoms with Crippen LogP contribution in [0.3, 0.4) is 0 Å². The van der Waals surface area contributed by atoms with Gasteiger partial charge in [-0.2, -0.15) is 0 Å². The van der Waals surface area contributed by atoms with Crippen LogP contribution in [0.1, 0.15) is 12.6 Å². The van der Waals surface area contributed by atoms with E-state index in [1.54, 1.807) is 12.1 Å². The van der Waals surface area contributed by atoms with E-state index >= 15 is 0 Å². The quantitative estimate of drug-likeness (QED) is 0.787. The van der Waals surface area contributed by atoms with Crippen molar-refractivity contribution in [1.82, 2.24) is 9.97 Å². The van der Waals surface area contributed by atoms with E-state index in [0.717, 1.165) is 17.6 Å². The number of anilines is 1. The average Bonchev–Trinajstić information content (AvgIpc) is 2.84. The first-order chi connectivity index (χ1) is 9.67.